The van der Waals surface area contributed by atoms with Crippen LogP contribution in [0.3, 0.4) is 0 Å². The van der Waals surface area contributed by atoms with Crippen LogP contribution in [-0.2, 0) is 4.74 Å². The number of nitrogens with one attached hydrogen (secondary N) is 1. The molecule has 4 nitrogen and oxygen atoms in total. The van der Waals surface area contributed by atoms with Crippen LogP contribution in [0, 0.1) is 5.82 Å². The third-order valence-corrected chi connectivity index (χ3v) is 4.28. The van der Waals surface area contributed by atoms with Crippen molar-refractivity contribution in [1.82, 2.24) is 0 Å². The highest BCUT2D eigenvalue weighted by Gasteiger charge is 2.16. The summed E-state index contributed by atoms with van der Waals surface area (Å²) in [6, 6.07) is 20.7. The highest BCUT2D eigenvalue weighted by molar-refractivity contribution is 5.84. The molecule has 0 saturated carbocycles. The molecule has 0 aromatic heterocycles. The summed E-state index contributed by atoms with van der Waals surface area (Å²) in [4.78, 5) is 11.8. The van der Waals surface area contributed by atoms with Crippen LogP contribution in [0.2, 0.25) is 0 Å². The van der Waals surface area contributed by atoms with Gasteiger partial charge in [-0.15, -0.1) is 0 Å². The van der Waals surface area contributed by atoms with E-state index < -0.39 is 17.8 Å². The lowest BCUT2D eigenvalue weighted by Gasteiger charge is -2.20. The number of amides is 1. The molecule has 150 valence electrons. The normalized spacial score (nSPS) is 12.3. The fourth-order valence-corrected chi connectivity index (χ4v) is 2.86. The summed E-state index contributed by atoms with van der Waals surface area (Å²) in [5, 5.41) is 13.3. The van der Waals surface area contributed by atoms with Gasteiger partial charge in [0.2, 0.25) is 0 Å². The third kappa shape index (κ3) is 5.65. The fourth-order valence-electron chi connectivity index (χ4n) is 2.86. The first-order valence-electron chi connectivity index (χ1n) is 9.35. The van der Waals surface area contributed by atoms with E-state index in [0.29, 0.717) is 11.3 Å². The number of benzene rings is 3. The molecule has 0 radical (unpaired) electrons. The fraction of sp³-hybridized carbons (Fsp3) is 0.208. The SMILES string of the molecule is CC(C)(C)OC(=O)Nc1ccc(C(O)c2ccc(-c3ccc(F)cc3)cc2)cc1. The number of halogens is 1. The van der Waals surface area contributed by atoms with Gasteiger partial charge in [-0.2, -0.15) is 0 Å². The largest absolute Gasteiger partial charge is 0.444 e. The topological polar surface area (TPSA) is 58.6 Å². The van der Waals surface area contributed by atoms with Crippen molar-refractivity contribution in [3.05, 3.63) is 89.7 Å². The molecule has 29 heavy (non-hydrogen) atoms. The average Bonchev–Trinajstić information content (AvgIpc) is 2.67. The number of carbonyl (C=O) groups excluding carboxylic acids is 1. The first-order valence-corrected chi connectivity index (χ1v) is 9.35. The van der Waals surface area contributed by atoms with E-state index in [4.69, 9.17) is 4.74 Å². The van der Waals surface area contributed by atoms with E-state index in [1.165, 1.54) is 12.1 Å². The maximum atomic E-state index is 13.1. The molecule has 0 spiro atoms. The van der Waals surface area contributed by atoms with Gasteiger partial charge in [-0.25, -0.2) is 9.18 Å². The molecular formula is C24H24FNO3. The predicted molar refractivity (Wildman–Crippen MR) is 112 cm³/mol. The Morgan fingerprint density at radius 1 is 0.862 bits per heavy atom. The smallest absolute Gasteiger partial charge is 0.412 e. The second-order valence-electron chi connectivity index (χ2n) is 7.78. The molecule has 1 amide bonds. The number of aliphatic hydroxyl groups is 1. The summed E-state index contributed by atoms with van der Waals surface area (Å²) in [6.07, 6.45) is -1.32. The second kappa shape index (κ2) is 8.45. The molecule has 0 fully saturated rings. The lowest BCUT2D eigenvalue weighted by atomic mass is 9.98. The van der Waals surface area contributed by atoms with Crippen molar-refractivity contribution in [2.45, 2.75) is 32.5 Å². The summed E-state index contributed by atoms with van der Waals surface area (Å²) in [6.45, 7) is 5.40. The molecule has 0 heterocycles. The lowest BCUT2D eigenvalue weighted by Crippen LogP contribution is -2.27. The van der Waals surface area contributed by atoms with E-state index in [1.807, 2.05) is 24.3 Å². The van der Waals surface area contributed by atoms with Crippen LogP contribution in [0.5, 0.6) is 0 Å². The molecule has 0 aliphatic carbocycles. The Kier molecular flexibility index (Phi) is 5.99. The summed E-state index contributed by atoms with van der Waals surface area (Å²) < 4.78 is 18.3. The van der Waals surface area contributed by atoms with Gasteiger partial charge in [-0.3, -0.25) is 5.32 Å². The van der Waals surface area contributed by atoms with E-state index in [9.17, 15) is 14.3 Å². The first-order chi connectivity index (χ1) is 13.7. The summed E-state index contributed by atoms with van der Waals surface area (Å²) in [5.74, 6) is -0.273. The number of ether oxygens (including phenoxy) is 1. The van der Waals surface area contributed by atoms with Crippen molar-refractivity contribution in [2.24, 2.45) is 0 Å². The minimum atomic E-state index is -0.798. The molecule has 0 aliphatic rings. The summed E-state index contributed by atoms with van der Waals surface area (Å²) >= 11 is 0. The van der Waals surface area contributed by atoms with Crippen LogP contribution < -0.4 is 5.32 Å². The van der Waals surface area contributed by atoms with Crippen molar-refractivity contribution >= 4 is 11.8 Å². The quantitative estimate of drug-likeness (QED) is 0.578. The van der Waals surface area contributed by atoms with Gasteiger partial charge in [0.25, 0.3) is 0 Å². The van der Waals surface area contributed by atoms with Gasteiger partial charge in [-0.1, -0.05) is 48.5 Å². The summed E-state index contributed by atoms with van der Waals surface area (Å²) in [5.41, 5.74) is 3.31. The number of aliphatic hydroxyl groups excluding tert-OH is 1. The standard InChI is InChI=1S/C24H24FNO3/c1-24(2,3)29-23(28)26-21-14-10-19(11-15-21)22(27)18-6-4-16(5-7-18)17-8-12-20(25)13-9-17/h4-15,22,27H,1-3H3,(H,26,28). The van der Waals surface area contributed by atoms with E-state index in [2.05, 4.69) is 5.32 Å². The number of carbonyl (C=O) groups is 1. The Balaban J connectivity index is 1.67. The van der Waals surface area contributed by atoms with Gasteiger partial charge < -0.3 is 9.84 Å². The Labute approximate surface area is 170 Å². The van der Waals surface area contributed by atoms with Crippen molar-refractivity contribution < 1.29 is 19.0 Å². The Morgan fingerprint density at radius 3 is 1.79 bits per heavy atom. The van der Waals surface area contributed by atoms with Gasteiger partial charge in [-0.05, 0) is 67.3 Å². The molecular weight excluding hydrogens is 369 g/mol. The summed E-state index contributed by atoms with van der Waals surface area (Å²) in [7, 11) is 0. The predicted octanol–water partition coefficient (Wildman–Crippen LogP) is 5.92. The number of anilines is 1. The zero-order valence-electron chi connectivity index (χ0n) is 16.6. The first kappa shape index (κ1) is 20.6. The van der Waals surface area contributed by atoms with Crippen LogP contribution in [-0.4, -0.2) is 16.8 Å². The van der Waals surface area contributed by atoms with Crippen molar-refractivity contribution in [3.63, 3.8) is 0 Å². The number of rotatable bonds is 4. The second-order valence-corrected chi connectivity index (χ2v) is 7.78. The van der Waals surface area contributed by atoms with E-state index >= 15 is 0 Å². The molecule has 5 heteroatoms. The Bertz CT molecular complexity index is 959. The third-order valence-electron chi connectivity index (χ3n) is 4.28. The minimum Gasteiger partial charge on any atom is -0.444 e. The highest BCUT2D eigenvalue weighted by atomic mass is 19.1. The molecule has 0 bridgehead atoms. The van der Waals surface area contributed by atoms with E-state index in [0.717, 1.165) is 16.7 Å². The highest BCUT2D eigenvalue weighted by Crippen LogP contribution is 2.26. The van der Waals surface area contributed by atoms with Crippen LogP contribution in [0.25, 0.3) is 11.1 Å². The van der Waals surface area contributed by atoms with Gasteiger partial charge in [0, 0.05) is 5.69 Å². The molecule has 2 N–H and O–H groups in total. The Morgan fingerprint density at radius 2 is 1.31 bits per heavy atom. The lowest BCUT2D eigenvalue weighted by molar-refractivity contribution is 0.0636. The molecule has 3 aromatic rings. The zero-order valence-corrected chi connectivity index (χ0v) is 16.6. The number of hydrogen-bond acceptors (Lipinski definition) is 3. The molecule has 3 aromatic carbocycles. The zero-order chi connectivity index (χ0) is 21.0. The molecule has 3 rings (SSSR count). The van der Waals surface area contributed by atoms with Crippen LogP contribution in [0.1, 0.15) is 38.0 Å². The van der Waals surface area contributed by atoms with Crippen LogP contribution in [0.4, 0.5) is 14.9 Å². The van der Waals surface area contributed by atoms with Crippen LogP contribution >= 0.6 is 0 Å². The maximum Gasteiger partial charge on any atom is 0.412 e. The molecule has 0 aliphatic heterocycles. The molecule has 1 atom stereocenters. The van der Waals surface area contributed by atoms with E-state index in [1.54, 1.807) is 57.2 Å². The number of hydrogen-bond donors (Lipinski definition) is 2. The van der Waals surface area contributed by atoms with Gasteiger partial charge in [0.05, 0.1) is 0 Å². The van der Waals surface area contributed by atoms with Crippen molar-refractivity contribution in [1.29, 1.82) is 0 Å². The monoisotopic (exact) mass is 393 g/mol. The van der Waals surface area contributed by atoms with Gasteiger partial charge in [0.15, 0.2) is 0 Å². The van der Waals surface area contributed by atoms with Crippen molar-refractivity contribution in [3.8, 4) is 11.1 Å². The molecule has 1 unspecified atom stereocenters. The minimum absolute atomic E-state index is 0.273. The van der Waals surface area contributed by atoms with E-state index in [-0.39, 0.29) is 5.82 Å². The van der Waals surface area contributed by atoms with Gasteiger partial charge >= 0.3 is 6.09 Å². The van der Waals surface area contributed by atoms with Crippen molar-refractivity contribution in [2.75, 3.05) is 5.32 Å². The average molecular weight is 393 g/mol. The maximum absolute atomic E-state index is 13.1. The molecule has 0 saturated heterocycles. The van der Waals surface area contributed by atoms with Crippen LogP contribution in [0.15, 0.2) is 72.8 Å². The Hall–Kier alpha value is -3.18. The van der Waals surface area contributed by atoms with Gasteiger partial charge in [0.1, 0.15) is 17.5 Å².